The van der Waals surface area contributed by atoms with Crippen molar-refractivity contribution in [3.63, 3.8) is 0 Å². The third kappa shape index (κ3) is 2.61. The van der Waals surface area contributed by atoms with Gasteiger partial charge in [-0.15, -0.1) is 0 Å². The number of benzene rings is 2. The van der Waals surface area contributed by atoms with Gasteiger partial charge in [0.2, 0.25) is 0 Å². The van der Waals surface area contributed by atoms with E-state index in [-0.39, 0.29) is 0 Å². The fourth-order valence-corrected chi connectivity index (χ4v) is 2.42. The van der Waals surface area contributed by atoms with Gasteiger partial charge in [0.15, 0.2) is 0 Å². The van der Waals surface area contributed by atoms with Gasteiger partial charge in [-0.1, -0.05) is 73.9 Å². The Bertz CT molecular complexity index is 513. The standard InChI is InChI=1S/C15H18Si/c1-16(2,3)12-11-14-9-6-8-13-7-4-5-10-15(13)14/h4-12H,1-3H3/b12-11+. The van der Waals surface area contributed by atoms with Gasteiger partial charge in [0.05, 0.1) is 8.07 Å². The lowest BCUT2D eigenvalue weighted by molar-refractivity contribution is 1.70. The van der Waals surface area contributed by atoms with E-state index in [0.29, 0.717) is 0 Å². The smallest absolute Gasteiger partial charge is 0.0687 e. The summed E-state index contributed by atoms with van der Waals surface area (Å²) in [6, 6.07) is 15.1. The van der Waals surface area contributed by atoms with Crippen LogP contribution in [-0.2, 0) is 0 Å². The molecule has 1 heteroatoms. The summed E-state index contributed by atoms with van der Waals surface area (Å²) in [5, 5.41) is 2.67. The van der Waals surface area contributed by atoms with Crippen molar-refractivity contribution < 1.29 is 0 Å². The van der Waals surface area contributed by atoms with Crippen LogP contribution in [0.5, 0.6) is 0 Å². The minimum Gasteiger partial charge on any atom is -0.0944 e. The largest absolute Gasteiger partial charge is 0.0944 e. The van der Waals surface area contributed by atoms with Crippen LogP contribution in [0.15, 0.2) is 48.2 Å². The minimum atomic E-state index is -1.11. The second-order valence-electron chi connectivity index (χ2n) is 5.27. The summed E-state index contributed by atoms with van der Waals surface area (Å²) >= 11 is 0. The predicted octanol–water partition coefficient (Wildman–Crippen LogP) is 4.73. The molecule has 16 heavy (non-hydrogen) atoms. The van der Waals surface area contributed by atoms with Crippen molar-refractivity contribution in [3.05, 3.63) is 53.7 Å². The summed E-state index contributed by atoms with van der Waals surface area (Å²) in [7, 11) is -1.11. The Labute approximate surface area is 98.6 Å². The van der Waals surface area contributed by atoms with Gasteiger partial charge in [0.1, 0.15) is 0 Å². The number of fused-ring (bicyclic) bond motifs is 1. The summed E-state index contributed by atoms with van der Waals surface area (Å²) < 4.78 is 0. The van der Waals surface area contributed by atoms with Crippen LogP contribution in [0.4, 0.5) is 0 Å². The molecule has 0 aliphatic rings. The lowest BCUT2D eigenvalue weighted by Crippen LogP contribution is -2.15. The van der Waals surface area contributed by atoms with Gasteiger partial charge >= 0.3 is 0 Å². The molecule has 0 nitrogen and oxygen atoms in total. The van der Waals surface area contributed by atoms with Gasteiger partial charge in [-0.05, 0) is 16.3 Å². The highest BCUT2D eigenvalue weighted by Crippen LogP contribution is 2.20. The summed E-state index contributed by atoms with van der Waals surface area (Å²) in [5.74, 6) is 0. The topological polar surface area (TPSA) is 0 Å². The average molecular weight is 226 g/mol. The highest BCUT2D eigenvalue weighted by Gasteiger charge is 2.07. The number of rotatable bonds is 2. The fourth-order valence-electron chi connectivity index (χ4n) is 1.74. The van der Waals surface area contributed by atoms with Gasteiger partial charge in [-0.25, -0.2) is 0 Å². The molecule has 82 valence electrons. The molecular formula is C15H18Si. The SMILES string of the molecule is C[Si](C)(C)/C=C/c1cccc2ccccc12. The molecule has 0 bridgehead atoms. The normalized spacial score (nSPS) is 12.4. The zero-order chi connectivity index (χ0) is 11.6. The van der Waals surface area contributed by atoms with Crippen molar-refractivity contribution in [2.24, 2.45) is 0 Å². The van der Waals surface area contributed by atoms with Gasteiger partial charge in [-0.3, -0.25) is 0 Å². The van der Waals surface area contributed by atoms with Crippen LogP contribution in [0, 0.1) is 0 Å². The zero-order valence-electron chi connectivity index (χ0n) is 10.2. The molecule has 2 aromatic rings. The molecular weight excluding hydrogens is 208 g/mol. The number of hydrogen-bond donors (Lipinski definition) is 0. The molecule has 0 aromatic heterocycles. The van der Waals surface area contributed by atoms with E-state index in [0.717, 1.165) is 0 Å². The predicted molar refractivity (Wildman–Crippen MR) is 76.3 cm³/mol. The van der Waals surface area contributed by atoms with Crippen molar-refractivity contribution in [2.45, 2.75) is 19.6 Å². The van der Waals surface area contributed by atoms with Crippen molar-refractivity contribution in [3.8, 4) is 0 Å². The van der Waals surface area contributed by atoms with E-state index in [1.165, 1.54) is 16.3 Å². The second kappa shape index (κ2) is 4.26. The Morgan fingerprint density at radius 3 is 2.31 bits per heavy atom. The quantitative estimate of drug-likeness (QED) is 0.649. The summed E-state index contributed by atoms with van der Waals surface area (Å²) in [6.45, 7) is 7.07. The summed E-state index contributed by atoms with van der Waals surface area (Å²) in [6.07, 6.45) is 2.29. The first-order valence-corrected chi connectivity index (χ1v) is 9.31. The summed E-state index contributed by atoms with van der Waals surface area (Å²) in [4.78, 5) is 0. The molecule has 0 radical (unpaired) electrons. The minimum absolute atomic E-state index is 1.11. The van der Waals surface area contributed by atoms with E-state index >= 15 is 0 Å². The molecule has 0 N–H and O–H groups in total. The van der Waals surface area contributed by atoms with E-state index in [9.17, 15) is 0 Å². The lowest BCUT2D eigenvalue weighted by atomic mass is 10.1. The molecule has 0 heterocycles. The van der Waals surface area contributed by atoms with Gasteiger partial charge in [0, 0.05) is 0 Å². The van der Waals surface area contributed by atoms with Crippen molar-refractivity contribution >= 4 is 24.9 Å². The van der Waals surface area contributed by atoms with Crippen LogP contribution < -0.4 is 0 Å². The molecule has 0 amide bonds. The maximum Gasteiger partial charge on any atom is 0.0687 e. The van der Waals surface area contributed by atoms with Crippen LogP contribution in [0.25, 0.3) is 16.8 Å². The van der Waals surface area contributed by atoms with Crippen LogP contribution in [0.3, 0.4) is 0 Å². The maximum absolute atomic E-state index is 2.40. The molecule has 2 aromatic carbocycles. The second-order valence-corrected chi connectivity index (χ2v) is 10.3. The molecule has 0 unspecified atom stereocenters. The third-order valence-corrected chi connectivity index (χ3v) is 3.75. The molecule has 0 aliphatic heterocycles. The number of hydrogen-bond acceptors (Lipinski definition) is 0. The fraction of sp³-hybridized carbons (Fsp3) is 0.200. The molecule has 0 saturated heterocycles. The highest BCUT2D eigenvalue weighted by molar-refractivity contribution is 6.81. The molecule has 0 atom stereocenters. The molecule has 0 aliphatic carbocycles. The highest BCUT2D eigenvalue weighted by atomic mass is 28.3. The van der Waals surface area contributed by atoms with E-state index in [2.05, 4.69) is 73.9 Å². The van der Waals surface area contributed by atoms with Crippen LogP contribution in [0.1, 0.15) is 5.56 Å². The first-order valence-electron chi connectivity index (χ1n) is 5.73. The molecule has 0 fully saturated rings. The van der Waals surface area contributed by atoms with Gasteiger partial charge in [-0.2, -0.15) is 0 Å². The monoisotopic (exact) mass is 226 g/mol. The van der Waals surface area contributed by atoms with Gasteiger partial charge < -0.3 is 0 Å². The Hall–Kier alpha value is -1.34. The van der Waals surface area contributed by atoms with E-state index < -0.39 is 8.07 Å². The molecule has 0 spiro atoms. The molecule has 0 saturated carbocycles. The van der Waals surface area contributed by atoms with Crippen molar-refractivity contribution in [2.75, 3.05) is 0 Å². The Morgan fingerprint density at radius 2 is 1.56 bits per heavy atom. The Morgan fingerprint density at radius 1 is 0.875 bits per heavy atom. The third-order valence-electron chi connectivity index (χ3n) is 2.59. The average Bonchev–Trinajstić information content (AvgIpc) is 2.25. The zero-order valence-corrected chi connectivity index (χ0v) is 11.2. The van der Waals surface area contributed by atoms with Crippen molar-refractivity contribution in [1.29, 1.82) is 0 Å². The molecule has 2 rings (SSSR count). The Balaban J connectivity index is 2.49. The van der Waals surface area contributed by atoms with Gasteiger partial charge in [0.25, 0.3) is 0 Å². The van der Waals surface area contributed by atoms with E-state index in [1.54, 1.807) is 0 Å². The lowest BCUT2D eigenvalue weighted by Gasteiger charge is -2.09. The van der Waals surface area contributed by atoms with E-state index in [4.69, 9.17) is 0 Å². The first-order chi connectivity index (χ1) is 7.56. The van der Waals surface area contributed by atoms with Crippen molar-refractivity contribution in [1.82, 2.24) is 0 Å². The van der Waals surface area contributed by atoms with Crippen LogP contribution in [-0.4, -0.2) is 8.07 Å². The first kappa shape index (κ1) is 11.2. The summed E-state index contributed by atoms with van der Waals surface area (Å²) in [5.41, 5.74) is 3.73. The van der Waals surface area contributed by atoms with E-state index in [1.807, 2.05) is 0 Å². The van der Waals surface area contributed by atoms with Crippen LogP contribution in [0.2, 0.25) is 19.6 Å². The Kier molecular flexibility index (Phi) is 2.97. The maximum atomic E-state index is 2.40. The van der Waals surface area contributed by atoms with Crippen LogP contribution >= 0.6 is 0 Å².